The van der Waals surface area contributed by atoms with Crippen LogP contribution in [0.25, 0.3) is 5.69 Å². The summed E-state index contributed by atoms with van der Waals surface area (Å²) in [5.41, 5.74) is 4.37. The van der Waals surface area contributed by atoms with Crippen LogP contribution in [0, 0.1) is 11.3 Å². The first-order valence-corrected chi connectivity index (χ1v) is 10.8. The second-order valence-electron chi connectivity index (χ2n) is 6.54. The number of anilines is 2. The fourth-order valence-electron chi connectivity index (χ4n) is 3.06. The number of nitriles is 1. The highest BCUT2D eigenvalue weighted by Crippen LogP contribution is 2.42. The average Bonchev–Trinajstić information content (AvgIpc) is 2.84. The summed E-state index contributed by atoms with van der Waals surface area (Å²) in [6.07, 6.45) is -1.75. The molecule has 0 bridgehead atoms. The molecule has 1 aliphatic rings. The summed E-state index contributed by atoms with van der Waals surface area (Å²) in [5, 5.41) is 12.6. The van der Waals surface area contributed by atoms with Crippen molar-refractivity contribution in [1.29, 1.82) is 5.26 Å². The fraction of sp³-hybridized carbons (Fsp3) is 0.375. The number of alkyl halides is 3. The van der Waals surface area contributed by atoms with Crippen LogP contribution >= 0.6 is 23.2 Å². The second-order valence-corrected chi connectivity index (χ2v) is 9.21. The Kier molecular flexibility index (Phi) is 5.40. The van der Waals surface area contributed by atoms with Crippen LogP contribution in [0.15, 0.2) is 12.1 Å². The van der Waals surface area contributed by atoms with Crippen LogP contribution in [0.2, 0.25) is 10.0 Å². The van der Waals surface area contributed by atoms with Gasteiger partial charge in [0.25, 0.3) is 0 Å². The molecule has 3 rings (SSSR count). The molecule has 0 spiro atoms. The number of hydrogen-bond donors (Lipinski definition) is 1. The Hall–Kier alpha value is -2.16. The van der Waals surface area contributed by atoms with Gasteiger partial charge < -0.3 is 5.73 Å². The third-order valence-electron chi connectivity index (χ3n) is 4.54. The molecule has 2 aromatic rings. The van der Waals surface area contributed by atoms with Gasteiger partial charge in [-0.2, -0.15) is 23.5 Å². The maximum Gasteiger partial charge on any atom is 0.416 e. The zero-order chi connectivity index (χ0) is 21.7. The Balaban J connectivity index is 2.23. The molecule has 1 aromatic carbocycles. The minimum absolute atomic E-state index is 0.147. The van der Waals surface area contributed by atoms with E-state index in [1.54, 1.807) is 6.07 Å². The van der Waals surface area contributed by atoms with Crippen molar-refractivity contribution in [1.82, 2.24) is 9.78 Å². The first-order chi connectivity index (χ1) is 13.4. The van der Waals surface area contributed by atoms with Crippen LogP contribution < -0.4 is 10.0 Å². The standard InChI is InChI=1S/C16H14Cl2F3N5O2S/c1-29(27,28)26(9-3-2-4-9)14-12(7-22)24-25(15(14)23)13-10(17)5-8(6-11(13)18)16(19,20)21/h5-6,9H,2-4,23H2,1H3. The lowest BCUT2D eigenvalue weighted by Crippen LogP contribution is -2.44. The van der Waals surface area contributed by atoms with Gasteiger partial charge in [-0.1, -0.05) is 23.2 Å². The van der Waals surface area contributed by atoms with Crippen molar-refractivity contribution < 1.29 is 21.6 Å². The molecule has 7 nitrogen and oxygen atoms in total. The Morgan fingerprint density at radius 1 is 1.31 bits per heavy atom. The molecule has 1 fully saturated rings. The minimum Gasteiger partial charge on any atom is -0.382 e. The highest BCUT2D eigenvalue weighted by molar-refractivity contribution is 7.92. The molecule has 0 saturated heterocycles. The number of halogens is 5. The van der Waals surface area contributed by atoms with Crippen LogP contribution in [0.4, 0.5) is 24.7 Å². The van der Waals surface area contributed by atoms with Gasteiger partial charge in [0.1, 0.15) is 17.4 Å². The second kappa shape index (κ2) is 7.27. The van der Waals surface area contributed by atoms with E-state index in [9.17, 15) is 26.9 Å². The highest BCUT2D eigenvalue weighted by atomic mass is 35.5. The summed E-state index contributed by atoms with van der Waals surface area (Å²) in [4.78, 5) is 0. The van der Waals surface area contributed by atoms with Gasteiger partial charge >= 0.3 is 6.18 Å². The van der Waals surface area contributed by atoms with Crippen LogP contribution in [0.1, 0.15) is 30.5 Å². The van der Waals surface area contributed by atoms with E-state index in [0.717, 1.165) is 21.7 Å². The lowest BCUT2D eigenvalue weighted by Gasteiger charge is -2.36. The average molecular weight is 468 g/mol. The van der Waals surface area contributed by atoms with Crippen molar-refractivity contribution in [3.05, 3.63) is 33.4 Å². The zero-order valence-corrected chi connectivity index (χ0v) is 17.2. The molecule has 1 aromatic heterocycles. The number of benzene rings is 1. The number of nitrogen functional groups attached to an aromatic ring is 1. The van der Waals surface area contributed by atoms with Crippen molar-refractivity contribution in [2.45, 2.75) is 31.5 Å². The molecule has 13 heteroatoms. The molecular formula is C16H14Cl2F3N5O2S. The van der Waals surface area contributed by atoms with E-state index in [0.29, 0.717) is 25.0 Å². The normalized spacial score (nSPS) is 15.1. The lowest BCUT2D eigenvalue weighted by molar-refractivity contribution is -0.137. The predicted molar refractivity (Wildman–Crippen MR) is 103 cm³/mol. The van der Waals surface area contributed by atoms with Gasteiger partial charge in [0.2, 0.25) is 10.0 Å². The summed E-state index contributed by atoms with van der Waals surface area (Å²) in [7, 11) is -3.81. The van der Waals surface area contributed by atoms with Gasteiger partial charge in [0.15, 0.2) is 11.5 Å². The molecule has 0 radical (unpaired) electrons. The summed E-state index contributed by atoms with van der Waals surface area (Å²) in [5.74, 6) is -0.276. The third kappa shape index (κ3) is 3.84. The van der Waals surface area contributed by atoms with Gasteiger partial charge in [-0.3, -0.25) is 4.31 Å². The molecule has 2 N–H and O–H groups in total. The van der Waals surface area contributed by atoms with Crippen molar-refractivity contribution >= 4 is 44.7 Å². The lowest BCUT2D eigenvalue weighted by atomic mass is 9.93. The Bertz CT molecular complexity index is 1100. The quantitative estimate of drug-likeness (QED) is 0.731. The number of hydrogen-bond acceptors (Lipinski definition) is 5. The number of nitrogens with two attached hydrogens (primary N) is 1. The van der Waals surface area contributed by atoms with Crippen molar-refractivity contribution in [2.75, 3.05) is 16.3 Å². The smallest absolute Gasteiger partial charge is 0.382 e. The summed E-state index contributed by atoms with van der Waals surface area (Å²) in [6, 6.07) is 2.68. The maximum atomic E-state index is 13.0. The maximum absolute atomic E-state index is 13.0. The minimum atomic E-state index is -4.68. The Morgan fingerprint density at radius 2 is 1.86 bits per heavy atom. The molecular weight excluding hydrogens is 454 g/mol. The molecule has 29 heavy (non-hydrogen) atoms. The number of sulfonamides is 1. The van der Waals surface area contributed by atoms with Crippen molar-refractivity contribution in [3.8, 4) is 11.8 Å². The van der Waals surface area contributed by atoms with Gasteiger partial charge in [-0.15, -0.1) is 0 Å². The molecule has 156 valence electrons. The van der Waals surface area contributed by atoms with E-state index < -0.39 is 37.9 Å². The van der Waals surface area contributed by atoms with Crippen molar-refractivity contribution in [2.24, 2.45) is 0 Å². The highest BCUT2D eigenvalue weighted by Gasteiger charge is 2.38. The summed E-state index contributed by atoms with van der Waals surface area (Å²) in [6.45, 7) is 0. The molecule has 0 unspecified atom stereocenters. The molecule has 0 aliphatic heterocycles. The monoisotopic (exact) mass is 467 g/mol. The van der Waals surface area contributed by atoms with Crippen LogP contribution in [-0.2, 0) is 16.2 Å². The Morgan fingerprint density at radius 3 is 2.24 bits per heavy atom. The Labute approximate surface area is 174 Å². The predicted octanol–water partition coefficient (Wildman–Crippen LogP) is 3.97. The van der Waals surface area contributed by atoms with E-state index in [4.69, 9.17) is 28.9 Å². The third-order valence-corrected chi connectivity index (χ3v) is 6.31. The van der Waals surface area contributed by atoms with Gasteiger partial charge in [-0.25, -0.2) is 13.1 Å². The van der Waals surface area contributed by atoms with E-state index in [1.807, 2.05) is 0 Å². The van der Waals surface area contributed by atoms with Crippen LogP contribution in [-0.4, -0.2) is 30.5 Å². The van der Waals surface area contributed by atoms with E-state index in [-0.39, 0.29) is 22.9 Å². The first-order valence-electron chi connectivity index (χ1n) is 8.21. The molecule has 1 saturated carbocycles. The van der Waals surface area contributed by atoms with Gasteiger partial charge in [0, 0.05) is 6.04 Å². The topological polar surface area (TPSA) is 105 Å². The molecule has 1 heterocycles. The van der Waals surface area contributed by atoms with Gasteiger partial charge in [0.05, 0.1) is 21.9 Å². The molecule has 0 atom stereocenters. The molecule has 0 amide bonds. The first kappa shape index (κ1) is 21.5. The van der Waals surface area contributed by atoms with Crippen LogP contribution in [0.5, 0.6) is 0 Å². The van der Waals surface area contributed by atoms with Crippen LogP contribution in [0.3, 0.4) is 0 Å². The number of rotatable bonds is 4. The van der Waals surface area contributed by atoms with E-state index in [1.165, 1.54) is 0 Å². The summed E-state index contributed by atoms with van der Waals surface area (Å²) >= 11 is 12.0. The van der Waals surface area contributed by atoms with E-state index in [2.05, 4.69) is 5.10 Å². The SMILES string of the molecule is CS(=O)(=O)N(c1c(C#N)nn(-c2c(Cl)cc(C(F)(F)F)cc2Cl)c1N)C1CCC1. The largest absolute Gasteiger partial charge is 0.416 e. The van der Waals surface area contributed by atoms with Gasteiger partial charge in [-0.05, 0) is 31.4 Å². The number of aromatic nitrogens is 2. The molecule has 1 aliphatic carbocycles. The van der Waals surface area contributed by atoms with Crippen molar-refractivity contribution in [3.63, 3.8) is 0 Å². The zero-order valence-electron chi connectivity index (χ0n) is 14.8. The summed E-state index contributed by atoms with van der Waals surface area (Å²) < 4.78 is 65.6. The number of nitrogens with zero attached hydrogens (tertiary/aromatic N) is 4. The van der Waals surface area contributed by atoms with E-state index >= 15 is 0 Å². The fourth-order valence-corrected chi connectivity index (χ4v) is 4.97.